The molecule has 0 atom stereocenters. The highest BCUT2D eigenvalue weighted by Gasteiger charge is 2.32. The Hall–Kier alpha value is -1.15. The number of guanidine groups is 1. The molecule has 27 heavy (non-hydrogen) atoms. The zero-order valence-corrected chi connectivity index (χ0v) is 18.8. The van der Waals surface area contributed by atoms with Crippen LogP contribution in [0.1, 0.15) is 54.4 Å². The smallest absolute Gasteiger partial charge is 0.408 e. The van der Waals surface area contributed by atoms with Gasteiger partial charge < -0.3 is 25.4 Å². The van der Waals surface area contributed by atoms with E-state index in [0.717, 1.165) is 45.1 Å². The number of rotatable bonds is 7. The predicted molar refractivity (Wildman–Crippen MR) is 114 cm³/mol. The molecule has 0 bridgehead atoms. The molecule has 0 saturated carbocycles. The molecule has 8 heteroatoms. The Balaban J connectivity index is 2.64. The molecule has 1 fully saturated rings. The van der Waals surface area contributed by atoms with Gasteiger partial charge >= 0.3 is 6.09 Å². The van der Waals surface area contributed by atoms with E-state index >= 15 is 0 Å². The first kappa shape index (κ1) is 23.9. The lowest BCUT2D eigenvalue weighted by atomic mass is 9.99. The van der Waals surface area contributed by atoms with Crippen LogP contribution in [-0.4, -0.2) is 67.0 Å². The van der Waals surface area contributed by atoms with Crippen LogP contribution in [0.3, 0.4) is 0 Å². The molecular weight excluding hydrogens is 364 g/mol. The fourth-order valence-corrected chi connectivity index (χ4v) is 3.47. The standard InChI is InChI=1S/C19H38N4O3S/c1-8-20-15(22-14-19(27-7)9-11-25-12-10-19)21-13-18(5,6)23-16(24)26-17(2,3)4/h8-14H2,1-7H3,(H,23,24)(H2,20,21,22). The number of hydrogen-bond acceptors (Lipinski definition) is 5. The Kier molecular flexibility index (Phi) is 9.21. The van der Waals surface area contributed by atoms with Gasteiger partial charge in [0.05, 0.1) is 12.1 Å². The quantitative estimate of drug-likeness (QED) is 0.449. The summed E-state index contributed by atoms with van der Waals surface area (Å²) >= 11 is 1.89. The number of amides is 1. The van der Waals surface area contributed by atoms with Gasteiger partial charge in [0.1, 0.15) is 5.60 Å². The lowest BCUT2D eigenvalue weighted by molar-refractivity contribution is 0.0476. The average Bonchev–Trinajstić information content (AvgIpc) is 2.56. The Labute approximate surface area is 168 Å². The molecule has 0 aliphatic carbocycles. The van der Waals surface area contributed by atoms with E-state index < -0.39 is 17.2 Å². The number of nitrogens with one attached hydrogen (secondary N) is 3. The zero-order chi connectivity index (χ0) is 20.6. The van der Waals surface area contributed by atoms with Crippen molar-refractivity contribution in [3.63, 3.8) is 0 Å². The SMILES string of the molecule is CCNC(=NCC(C)(C)NC(=O)OC(C)(C)C)NCC1(SC)CCOCC1. The number of carbonyl (C=O) groups excluding carboxylic acids is 1. The van der Waals surface area contributed by atoms with Gasteiger partial charge in [0, 0.05) is 31.1 Å². The number of hydrogen-bond donors (Lipinski definition) is 3. The second-order valence-electron chi connectivity index (χ2n) is 8.56. The minimum Gasteiger partial charge on any atom is -0.444 e. The third-order valence-corrected chi connectivity index (χ3v) is 5.65. The van der Waals surface area contributed by atoms with Crippen molar-refractivity contribution in [2.24, 2.45) is 4.99 Å². The Morgan fingerprint density at radius 2 is 1.81 bits per heavy atom. The monoisotopic (exact) mass is 402 g/mol. The summed E-state index contributed by atoms with van der Waals surface area (Å²) in [6.45, 7) is 15.1. The summed E-state index contributed by atoms with van der Waals surface area (Å²) in [5.41, 5.74) is -1.03. The molecular formula is C19H38N4O3S. The first-order valence-corrected chi connectivity index (χ1v) is 10.9. The highest BCUT2D eigenvalue weighted by Crippen LogP contribution is 2.32. The predicted octanol–water partition coefficient (Wildman–Crippen LogP) is 2.76. The van der Waals surface area contributed by atoms with E-state index in [2.05, 4.69) is 27.2 Å². The molecule has 0 aromatic heterocycles. The third kappa shape index (κ3) is 9.55. The van der Waals surface area contributed by atoms with Crippen molar-refractivity contribution in [3.8, 4) is 0 Å². The molecule has 0 spiro atoms. The summed E-state index contributed by atoms with van der Waals surface area (Å²) in [7, 11) is 0. The molecule has 7 nitrogen and oxygen atoms in total. The Morgan fingerprint density at radius 3 is 2.33 bits per heavy atom. The van der Waals surface area contributed by atoms with Crippen molar-refractivity contribution in [1.29, 1.82) is 0 Å². The van der Waals surface area contributed by atoms with Crippen LogP contribution in [-0.2, 0) is 9.47 Å². The minimum absolute atomic E-state index is 0.179. The van der Waals surface area contributed by atoms with E-state index in [1.54, 1.807) is 0 Å². The number of aliphatic imine (C=N–C) groups is 1. The Bertz CT molecular complexity index is 498. The third-order valence-electron chi connectivity index (χ3n) is 4.23. The van der Waals surface area contributed by atoms with Crippen LogP contribution < -0.4 is 16.0 Å². The topological polar surface area (TPSA) is 84.0 Å². The van der Waals surface area contributed by atoms with Gasteiger partial charge in [-0.25, -0.2) is 4.79 Å². The molecule has 1 amide bonds. The van der Waals surface area contributed by atoms with Crippen LogP contribution in [0.25, 0.3) is 0 Å². The van der Waals surface area contributed by atoms with Gasteiger partial charge in [0.25, 0.3) is 0 Å². The molecule has 1 saturated heterocycles. The van der Waals surface area contributed by atoms with Crippen LogP contribution in [0.2, 0.25) is 0 Å². The van der Waals surface area contributed by atoms with Crippen LogP contribution in [0, 0.1) is 0 Å². The van der Waals surface area contributed by atoms with Gasteiger partial charge in [0.15, 0.2) is 5.96 Å². The molecule has 3 N–H and O–H groups in total. The molecule has 158 valence electrons. The molecule has 0 radical (unpaired) electrons. The van der Waals surface area contributed by atoms with Crippen molar-refractivity contribution < 1.29 is 14.3 Å². The van der Waals surface area contributed by atoms with Crippen molar-refractivity contribution in [1.82, 2.24) is 16.0 Å². The molecule has 1 aliphatic heterocycles. The highest BCUT2D eigenvalue weighted by molar-refractivity contribution is 8.00. The molecule has 0 aromatic rings. The van der Waals surface area contributed by atoms with Crippen molar-refractivity contribution in [2.75, 3.05) is 39.1 Å². The fraction of sp³-hybridized carbons (Fsp3) is 0.895. The van der Waals surface area contributed by atoms with Gasteiger partial charge in [-0.15, -0.1) is 0 Å². The maximum absolute atomic E-state index is 12.0. The second-order valence-corrected chi connectivity index (χ2v) is 9.83. The van der Waals surface area contributed by atoms with E-state index in [0.29, 0.717) is 6.54 Å². The van der Waals surface area contributed by atoms with E-state index in [-0.39, 0.29) is 4.75 Å². The second kappa shape index (κ2) is 10.4. The molecule has 1 rings (SSSR count). The summed E-state index contributed by atoms with van der Waals surface area (Å²) < 4.78 is 11.0. The number of nitrogens with zero attached hydrogens (tertiary/aromatic N) is 1. The van der Waals surface area contributed by atoms with Crippen molar-refractivity contribution in [3.05, 3.63) is 0 Å². The van der Waals surface area contributed by atoms with Crippen molar-refractivity contribution in [2.45, 2.75) is 70.3 Å². The lowest BCUT2D eigenvalue weighted by Gasteiger charge is -2.36. The lowest BCUT2D eigenvalue weighted by Crippen LogP contribution is -2.50. The van der Waals surface area contributed by atoms with E-state index in [1.165, 1.54) is 0 Å². The van der Waals surface area contributed by atoms with Gasteiger partial charge in [-0.3, -0.25) is 4.99 Å². The molecule has 1 heterocycles. The van der Waals surface area contributed by atoms with Crippen LogP contribution in [0.5, 0.6) is 0 Å². The highest BCUT2D eigenvalue weighted by atomic mass is 32.2. The largest absolute Gasteiger partial charge is 0.444 e. The van der Waals surface area contributed by atoms with Gasteiger partial charge in [-0.1, -0.05) is 0 Å². The summed E-state index contributed by atoms with van der Waals surface area (Å²) in [5.74, 6) is 0.761. The first-order valence-electron chi connectivity index (χ1n) is 9.67. The van der Waals surface area contributed by atoms with E-state index in [9.17, 15) is 4.79 Å². The molecule has 0 unspecified atom stereocenters. The molecule has 0 aromatic carbocycles. The Morgan fingerprint density at radius 1 is 1.19 bits per heavy atom. The van der Waals surface area contributed by atoms with E-state index in [4.69, 9.17) is 9.47 Å². The summed E-state index contributed by atoms with van der Waals surface area (Å²) in [5, 5.41) is 9.64. The summed E-state index contributed by atoms with van der Waals surface area (Å²) in [6.07, 6.45) is 3.80. The fourth-order valence-electron chi connectivity index (χ4n) is 2.68. The van der Waals surface area contributed by atoms with Gasteiger partial charge in [-0.2, -0.15) is 11.8 Å². The summed E-state index contributed by atoms with van der Waals surface area (Å²) in [4.78, 5) is 16.7. The number of carbonyl (C=O) groups is 1. The minimum atomic E-state index is -0.518. The van der Waals surface area contributed by atoms with E-state index in [1.807, 2.05) is 53.3 Å². The van der Waals surface area contributed by atoms with Gasteiger partial charge in [-0.05, 0) is 60.6 Å². The normalized spacial score (nSPS) is 18.0. The van der Waals surface area contributed by atoms with Gasteiger partial charge in [0.2, 0.25) is 0 Å². The number of thioether (sulfide) groups is 1. The number of alkyl carbamates (subject to hydrolysis) is 1. The molecule has 1 aliphatic rings. The maximum Gasteiger partial charge on any atom is 0.408 e. The summed E-state index contributed by atoms with van der Waals surface area (Å²) in [6, 6.07) is 0. The zero-order valence-electron chi connectivity index (χ0n) is 18.0. The van der Waals surface area contributed by atoms with Crippen molar-refractivity contribution >= 4 is 23.8 Å². The first-order chi connectivity index (χ1) is 12.5. The maximum atomic E-state index is 12.0. The van der Waals surface area contributed by atoms with Crippen LogP contribution >= 0.6 is 11.8 Å². The van der Waals surface area contributed by atoms with Crippen LogP contribution in [0.4, 0.5) is 4.79 Å². The number of ether oxygens (including phenoxy) is 2. The average molecular weight is 403 g/mol. The van der Waals surface area contributed by atoms with Crippen LogP contribution in [0.15, 0.2) is 4.99 Å².